The van der Waals surface area contributed by atoms with Crippen molar-refractivity contribution in [3.05, 3.63) is 65.7 Å². The zero-order chi connectivity index (χ0) is 19.1. The van der Waals surface area contributed by atoms with Crippen molar-refractivity contribution < 1.29 is 14.6 Å². The van der Waals surface area contributed by atoms with Crippen molar-refractivity contribution >= 4 is 5.91 Å². The summed E-state index contributed by atoms with van der Waals surface area (Å²) >= 11 is 0. The van der Waals surface area contributed by atoms with Crippen molar-refractivity contribution in [2.75, 3.05) is 0 Å². The minimum absolute atomic E-state index is 0.0918. The standard InChI is InChI=1S/C24H27NO3/c26-23-21-13-20(18-7-4-8-19(18)21)22(23)25-24(27)16-9-11-17(12-10-16)28-14-15-5-2-1-3-6-15/h1-3,5-6,9-12,18-23,26H,4,7-8,13-14H2,(H,25,27)/t18-,19+,20-,21+,22+,23+/m0/s1. The molecule has 0 spiro atoms. The van der Waals surface area contributed by atoms with Crippen LogP contribution in [0, 0.1) is 23.7 Å². The Morgan fingerprint density at radius 2 is 1.68 bits per heavy atom. The highest BCUT2D eigenvalue weighted by atomic mass is 16.5. The lowest BCUT2D eigenvalue weighted by molar-refractivity contribution is 0.0309. The van der Waals surface area contributed by atoms with Gasteiger partial charge in [-0.1, -0.05) is 36.8 Å². The second-order valence-electron chi connectivity index (χ2n) is 8.61. The predicted molar refractivity (Wildman–Crippen MR) is 107 cm³/mol. The quantitative estimate of drug-likeness (QED) is 0.833. The fourth-order valence-corrected chi connectivity index (χ4v) is 5.94. The van der Waals surface area contributed by atoms with Crippen LogP contribution in [0.3, 0.4) is 0 Å². The maximum absolute atomic E-state index is 12.7. The second-order valence-corrected chi connectivity index (χ2v) is 8.61. The molecule has 3 aliphatic rings. The lowest BCUT2D eigenvalue weighted by Gasteiger charge is -2.36. The smallest absolute Gasteiger partial charge is 0.251 e. The number of hydrogen-bond acceptors (Lipinski definition) is 3. The fourth-order valence-electron chi connectivity index (χ4n) is 5.94. The number of carbonyl (C=O) groups is 1. The number of fused-ring (bicyclic) bond motifs is 5. The molecule has 0 aliphatic heterocycles. The molecule has 2 aromatic rings. The van der Waals surface area contributed by atoms with Gasteiger partial charge in [0.05, 0.1) is 12.1 Å². The number of rotatable bonds is 5. The molecule has 6 atom stereocenters. The van der Waals surface area contributed by atoms with Crippen LogP contribution in [0.2, 0.25) is 0 Å². The molecule has 0 radical (unpaired) electrons. The first-order valence-corrected chi connectivity index (χ1v) is 10.5. The molecule has 1 amide bonds. The van der Waals surface area contributed by atoms with Crippen molar-refractivity contribution in [1.29, 1.82) is 0 Å². The number of amides is 1. The third kappa shape index (κ3) is 3.10. The van der Waals surface area contributed by atoms with Crippen LogP contribution >= 0.6 is 0 Å². The van der Waals surface area contributed by atoms with Crippen LogP contribution in [0.1, 0.15) is 41.6 Å². The second kappa shape index (κ2) is 7.25. The lowest BCUT2D eigenvalue weighted by Crippen LogP contribution is -2.50. The molecule has 5 rings (SSSR count). The van der Waals surface area contributed by atoms with Crippen molar-refractivity contribution in [3.8, 4) is 5.75 Å². The van der Waals surface area contributed by atoms with E-state index < -0.39 is 0 Å². The third-order valence-corrected chi connectivity index (χ3v) is 7.20. The van der Waals surface area contributed by atoms with Gasteiger partial charge in [-0.05, 0) is 72.8 Å². The number of aliphatic hydroxyl groups excluding tert-OH is 1. The molecular formula is C24H27NO3. The van der Waals surface area contributed by atoms with E-state index >= 15 is 0 Å². The van der Waals surface area contributed by atoms with Gasteiger partial charge in [0.2, 0.25) is 0 Å². The molecule has 4 nitrogen and oxygen atoms in total. The highest BCUT2D eigenvalue weighted by Crippen LogP contribution is 2.58. The van der Waals surface area contributed by atoms with E-state index in [1.807, 2.05) is 42.5 Å². The molecule has 0 unspecified atom stereocenters. The first-order chi connectivity index (χ1) is 13.7. The summed E-state index contributed by atoms with van der Waals surface area (Å²) in [6.45, 7) is 0.506. The van der Waals surface area contributed by atoms with Crippen LogP contribution in [0.15, 0.2) is 54.6 Å². The Kier molecular flexibility index (Phi) is 4.59. The van der Waals surface area contributed by atoms with E-state index in [9.17, 15) is 9.90 Å². The first-order valence-electron chi connectivity index (χ1n) is 10.5. The Hall–Kier alpha value is -2.33. The van der Waals surface area contributed by atoms with Gasteiger partial charge >= 0.3 is 0 Å². The van der Waals surface area contributed by atoms with Gasteiger partial charge in [-0.3, -0.25) is 4.79 Å². The van der Waals surface area contributed by atoms with Gasteiger partial charge in [0.25, 0.3) is 5.91 Å². The van der Waals surface area contributed by atoms with Gasteiger partial charge in [-0.15, -0.1) is 0 Å². The Morgan fingerprint density at radius 1 is 0.964 bits per heavy atom. The molecule has 3 fully saturated rings. The lowest BCUT2D eigenvalue weighted by atomic mass is 9.77. The van der Waals surface area contributed by atoms with Gasteiger partial charge in [-0.2, -0.15) is 0 Å². The van der Waals surface area contributed by atoms with Crippen molar-refractivity contribution in [2.45, 2.75) is 44.4 Å². The maximum Gasteiger partial charge on any atom is 0.251 e. The molecule has 3 aliphatic carbocycles. The first kappa shape index (κ1) is 17.7. The van der Waals surface area contributed by atoms with Crippen molar-refractivity contribution in [1.82, 2.24) is 5.32 Å². The zero-order valence-corrected chi connectivity index (χ0v) is 16.0. The summed E-state index contributed by atoms with van der Waals surface area (Å²) in [5.41, 5.74) is 1.73. The van der Waals surface area contributed by atoms with Gasteiger partial charge in [0.15, 0.2) is 0 Å². The molecule has 0 heterocycles. The van der Waals surface area contributed by atoms with Crippen LogP contribution in [0.4, 0.5) is 0 Å². The topological polar surface area (TPSA) is 58.6 Å². The Morgan fingerprint density at radius 3 is 2.43 bits per heavy atom. The Bertz CT molecular complexity index is 835. The number of carbonyl (C=O) groups excluding carboxylic acids is 1. The molecule has 28 heavy (non-hydrogen) atoms. The van der Waals surface area contributed by atoms with Crippen LogP contribution in [0.25, 0.3) is 0 Å². The average molecular weight is 377 g/mol. The highest BCUT2D eigenvalue weighted by molar-refractivity contribution is 5.94. The van der Waals surface area contributed by atoms with E-state index in [1.165, 1.54) is 19.3 Å². The van der Waals surface area contributed by atoms with E-state index in [1.54, 1.807) is 12.1 Å². The summed E-state index contributed by atoms with van der Waals surface area (Å²) in [6, 6.07) is 17.2. The number of ether oxygens (including phenoxy) is 1. The van der Waals surface area contributed by atoms with E-state index in [2.05, 4.69) is 5.32 Å². The van der Waals surface area contributed by atoms with Gasteiger partial charge in [-0.25, -0.2) is 0 Å². The fraction of sp³-hybridized carbons (Fsp3) is 0.458. The SMILES string of the molecule is O=C(N[C@H]1[C@H](O)[C@@H]2C[C@H]1[C@H]1CCC[C@H]12)c1ccc(OCc2ccccc2)cc1. The minimum Gasteiger partial charge on any atom is -0.489 e. The summed E-state index contributed by atoms with van der Waals surface area (Å²) in [6.07, 6.45) is 4.49. The summed E-state index contributed by atoms with van der Waals surface area (Å²) in [4.78, 5) is 12.7. The third-order valence-electron chi connectivity index (χ3n) is 7.20. The highest BCUT2D eigenvalue weighted by Gasteiger charge is 2.58. The van der Waals surface area contributed by atoms with Crippen LogP contribution in [0.5, 0.6) is 5.75 Å². The normalized spacial score (nSPS) is 32.9. The van der Waals surface area contributed by atoms with E-state index in [0.29, 0.717) is 35.8 Å². The molecule has 146 valence electrons. The molecule has 2 bridgehead atoms. The zero-order valence-electron chi connectivity index (χ0n) is 16.0. The number of benzene rings is 2. The summed E-state index contributed by atoms with van der Waals surface area (Å²) in [7, 11) is 0. The monoisotopic (exact) mass is 377 g/mol. The van der Waals surface area contributed by atoms with E-state index in [0.717, 1.165) is 17.7 Å². The van der Waals surface area contributed by atoms with Crippen LogP contribution in [-0.4, -0.2) is 23.2 Å². The molecule has 3 saturated carbocycles. The van der Waals surface area contributed by atoms with Crippen molar-refractivity contribution in [2.24, 2.45) is 23.7 Å². The van der Waals surface area contributed by atoms with Crippen LogP contribution < -0.4 is 10.1 Å². The van der Waals surface area contributed by atoms with Crippen LogP contribution in [-0.2, 0) is 6.61 Å². The minimum atomic E-state index is -0.387. The molecule has 2 aromatic carbocycles. The van der Waals surface area contributed by atoms with E-state index in [-0.39, 0.29) is 18.1 Å². The molecular weight excluding hydrogens is 350 g/mol. The predicted octanol–water partition coefficient (Wildman–Crippen LogP) is 3.79. The summed E-state index contributed by atoms with van der Waals surface area (Å²) in [5, 5.41) is 13.8. The average Bonchev–Trinajstić information content (AvgIpc) is 3.41. The number of hydrogen-bond donors (Lipinski definition) is 2. The van der Waals surface area contributed by atoms with E-state index in [4.69, 9.17) is 4.74 Å². The largest absolute Gasteiger partial charge is 0.489 e. The van der Waals surface area contributed by atoms with Gasteiger partial charge < -0.3 is 15.2 Å². The molecule has 0 saturated heterocycles. The number of aliphatic hydroxyl groups is 1. The van der Waals surface area contributed by atoms with Gasteiger partial charge in [0, 0.05) is 5.56 Å². The Balaban J connectivity index is 1.20. The summed E-state index contributed by atoms with van der Waals surface area (Å²) < 4.78 is 5.79. The van der Waals surface area contributed by atoms with Gasteiger partial charge in [0.1, 0.15) is 12.4 Å². The summed E-state index contributed by atoms with van der Waals surface area (Å²) in [5.74, 6) is 2.87. The molecule has 0 aromatic heterocycles. The molecule has 4 heteroatoms. The number of nitrogens with one attached hydrogen (secondary N) is 1. The molecule has 2 N–H and O–H groups in total. The van der Waals surface area contributed by atoms with Crippen molar-refractivity contribution in [3.63, 3.8) is 0 Å². The maximum atomic E-state index is 12.7. The Labute approximate surface area is 165 Å².